The molecule has 0 unspecified atom stereocenters. The van der Waals surface area contributed by atoms with Crippen molar-refractivity contribution < 1.29 is 22.3 Å². The Bertz CT molecular complexity index is 726. The summed E-state index contributed by atoms with van der Waals surface area (Å²) in [5.41, 5.74) is 0. The fraction of sp³-hybridized carbons (Fsp3) is 0.562. The fourth-order valence-corrected chi connectivity index (χ4v) is 4.09. The molecule has 1 saturated heterocycles. The molecule has 1 amide bonds. The van der Waals surface area contributed by atoms with Crippen LogP contribution in [0.15, 0.2) is 23.1 Å². The number of benzene rings is 1. The molecular formula is C16H24FN3O4S. The van der Waals surface area contributed by atoms with Gasteiger partial charge in [-0.05, 0) is 38.1 Å². The predicted molar refractivity (Wildman–Crippen MR) is 91.4 cm³/mol. The van der Waals surface area contributed by atoms with E-state index in [1.807, 2.05) is 11.9 Å². The van der Waals surface area contributed by atoms with Crippen molar-refractivity contribution in [2.24, 2.45) is 0 Å². The number of amides is 1. The second-order valence-electron chi connectivity index (χ2n) is 6.08. The smallest absolute Gasteiger partial charge is 0.240 e. The van der Waals surface area contributed by atoms with Gasteiger partial charge >= 0.3 is 0 Å². The number of nitrogens with one attached hydrogen (secondary N) is 2. The molecule has 2 N–H and O–H groups in total. The average Bonchev–Trinajstić information content (AvgIpc) is 2.93. The number of rotatable bonds is 7. The third-order valence-electron chi connectivity index (χ3n) is 4.63. The van der Waals surface area contributed by atoms with Crippen LogP contribution in [0.5, 0.6) is 5.75 Å². The minimum Gasteiger partial charge on any atom is -0.494 e. The van der Waals surface area contributed by atoms with Crippen molar-refractivity contribution in [3.8, 4) is 5.75 Å². The first-order valence-electron chi connectivity index (χ1n) is 8.04. The van der Waals surface area contributed by atoms with Gasteiger partial charge in [-0.1, -0.05) is 0 Å². The zero-order valence-corrected chi connectivity index (χ0v) is 15.4. The van der Waals surface area contributed by atoms with Gasteiger partial charge in [0.2, 0.25) is 15.9 Å². The number of carbonyl (C=O) groups excluding carboxylic acids is 1. The van der Waals surface area contributed by atoms with E-state index in [0.717, 1.165) is 18.9 Å². The van der Waals surface area contributed by atoms with Gasteiger partial charge in [-0.25, -0.2) is 17.5 Å². The van der Waals surface area contributed by atoms with Gasteiger partial charge in [0.25, 0.3) is 0 Å². The lowest BCUT2D eigenvalue weighted by Gasteiger charge is -2.25. The van der Waals surface area contributed by atoms with Gasteiger partial charge in [0.15, 0.2) is 11.6 Å². The maximum Gasteiger partial charge on any atom is 0.240 e. The van der Waals surface area contributed by atoms with Crippen LogP contribution in [0, 0.1) is 5.82 Å². The summed E-state index contributed by atoms with van der Waals surface area (Å²) < 4.78 is 45.7. The minimum absolute atomic E-state index is 0.00692. The number of hydrogen-bond donors (Lipinski definition) is 2. The Labute approximate surface area is 147 Å². The van der Waals surface area contributed by atoms with Crippen LogP contribution in [0.25, 0.3) is 0 Å². The van der Waals surface area contributed by atoms with Crippen LogP contribution < -0.4 is 14.8 Å². The summed E-state index contributed by atoms with van der Waals surface area (Å²) in [5.74, 6) is -0.771. The molecule has 2 rings (SSSR count). The van der Waals surface area contributed by atoms with Crippen LogP contribution >= 0.6 is 0 Å². The van der Waals surface area contributed by atoms with E-state index in [2.05, 4.69) is 10.0 Å². The van der Waals surface area contributed by atoms with Crippen LogP contribution in [0.4, 0.5) is 4.39 Å². The number of nitrogens with zero attached hydrogens (tertiary/aromatic N) is 1. The second kappa shape index (κ2) is 8.11. The summed E-state index contributed by atoms with van der Waals surface area (Å²) in [4.78, 5) is 13.4. The lowest BCUT2D eigenvalue weighted by molar-refractivity contribution is -0.121. The Morgan fingerprint density at radius 2 is 2.04 bits per heavy atom. The molecule has 1 heterocycles. The van der Waals surface area contributed by atoms with Gasteiger partial charge in [0.1, 0.15) is 0 Å². The van der Waals surface area contributed by atoms with Crippen molar-refractivity contribution in [2.75, 3.05) is 27.7 Å². The highest BCUT2D eigenvalue weighted by atomic mass is 32.2. The molecule has 1 aromatic rings. The molecular weight excluding hydrogens is 349 g/mol. The van der Waals surface area contributed by atoms with Gasteiger partial charge in [-0.2, -0.15) is 0 Å². The molecule has 9 heteroatoms. The number of carbonyl (C=O) groups is 1. The van der Waals surface area contributed by atoms with E-state index < -0.39 is 15.8 Å². The van der Waals surface area contributed by atoms with Gasteiger partial charge in [0, 0.05) is 32.1 Å². The molecule has 0 aromatic heterocycles. The number of sulfonamides is 1. The molecule has 1 aliphatic rings. The quantitative estimate of drug-likeness (QED) is 0.735. The molecule has 0 radical (unpaired) electrons. The highest BCUT2D eigenvalue weighted by Crippen LogP contribution is 2.25. The standard InChI is InChI=1S/C16H24FN3O4S/c1-18-16(21)8-11-4-5-12(20(11)2)10-19-25(22,23)13-6-7-15(24-3)14(17)9-13/h6-7,9,11-12,19H,4-5,8,10H2,1-3H3,(H,18,21)/t11-,12+/m1/s1. The third-order valence-corrected chi connectivity index (χ3v) is 6.05. The van der Waals surface area contributed by atoms with Crippen LogP contribution in [0.3, 0.4) is 0 Å². The Morgan fingerprint density at radius 1 is 1.36 bits per heavy atom. The van der Waals surface area contributed by atoms with E-state index in [1.165, 1.54) is 19.2 Å². The topological polar surface area (TPSA) is 87.7 Å². The normalized spacial score (nSPS) is 21.3. The van der Waals surface area contributed by atoms with E-state index in [9.17, 15) is 17.6 Å². The first kappa shape index (κ1) is 19.6. The monoisotopic (exact) mass is 373 g/mol. The number of halogens is 1. The molecule has 2 atom stereocenters. The van der Waals surface area contributed by atoms with Crippen molar-refractivity contribution in [3.63, 3.8) is 0 Å². The molecule has 1 aromatic carbocycles. The predicted octanol–water partition coefficient (Wildman–Crippen LogP) is 0.712. The van der Waals surface area contributed by atoms with Gasteiger partial charge in [-0.3, -0.25) is 9.69 Å². The zero-order chi connectivity index (χ0) is 18.6. The number of methoxy groups -OCH3 is 1. The van der Waals surface area contributed by atoms with Gasteiger partial charge in [-0.15, -0.1) is 0 Å². The highest BCUT2D eigenvalue weighted by Gasteiger charge is 2.32. The molecule has 1 aliphatic heterocycles. The van der Waals surface area contributed by atoms with Crippen LogP contribution in [0.1, 0.15) is 19.3 Å². The Kier molecular flexibility index (Phi) is 6.36. The lowest BCUT2D eigenvalue weighted by Crippen LogP contribution is -2.42. The fourth-order valence-electron chi connectivity index (χ4n) is 3.00. The van der Waals surface area contributed by atoms with Gasteiger partial charge in [0.05, 0.1) is 12.0 Å². The van der Waals surface area contributed by atoms with E-state index in [4.69, 9.17) is 4.74 Å². The SMILES string of the molecule is CNC(=O)C[C@H]1CC[C@@H](CNS(=O)(=O)c2ccc(OC)c(F)c2)N1C. The summed E-state index contributed by atoms with van der Waals surface area (Å²) in [6.07, 6.45) is 2.01. The van der Waals surface area contributed by atoms with Crippen molar-refractivity contribution in [1.29, 1.82) is 0 Å². The van der Waals surface area contributed by atoms with Crippen LogP contribution in [0.2, 0.25) is 0 Å². The molecule has 0 spiro atoms. The van der Waals surface area contributed by atoms with Crippen molar-refractivity contribution >= 4 is 15.9 Å². The third kappa shape index (κ3) is 4.68. The Hall–Kier alpha value is -1.71. The second-order valence-corrected chi connectivity index (χ2v) is 7.84. The van der Waals surface area contributed by atoms with Crippen molar-refractivity contribution in [3.05, 3.63) is 24.0 Å². The molecule has 1 fully saturated rings. The van der Waals surface area contributed by atoms with Crippen LogP contribution in [-0.4, -0.2) is 59.1 Å². The largest absolute Gasteiger partial charge is 0.494 e. The summed E-state index contributed by atoms with van der Waals surface area (Å²) in [5, 5.41) is 2.60. The highest BCUT2D eigenvalue weighted by molar-refractivity contribution is 7.89. The van der Waals surface area contributed by atoms with E-state index in [1.54, 1.807) is 7.05 Å². The molecule has 0 saturated carbocycles. The maximum absolute atomic E-state index is 13.7. The number of hydrogen-bond acceptors (Lipinski definition) is 5. The van der Waals surface area contributed by atoms with E-state index in [0.29, 0.717) is 6.42 Å². The first-order chi connectivity index (χ1) is 11.8. The average molecular weight is 373 g/mol. The number of likely N-dealkylation sites (tertiary alicyclic amines) is 1. The van der Waals surface area contributed by atoms with Crippen molar-refractivity contribution in [1.82, 2.24) is 14.9 Å². The number of ether oxygens (including phenoxy) is 1. The molecule has 0 aliphatic carbocycles. The first-order valence-corrected chi connectivity index (χ1v) is 9.52. The summed E-state index contributed by atoms with van der Waals surface area (Å²) >= 11 is 0. The zero-order valence-electron chi connectivity index (χ0n) is 14.6. The summed E-state index contributed by atoms with van der Waals surface area (Å²) in [7, 11) is 0.976. The maximum atomic E-state index is 13.7. The lowest BCUT2D eigenvalue weighted by atomic mass is 10.1. The molecule has 7 nitrogen and oxygen atoms in total. The summed E-state index contributed by atoms with van der Waals surface area (Å²) in [6, 6.07) is 3.61. The summed E-state index contributed by atoms with van der Waals surface area (Å²) in [6.45, 7) is 0.205. The Morgan fingerprint density at radius 3 is 2.64 bits per heavy atom. The van der Waals surface area contributed by atoms with Crippen molar-refractivity contribution in [2.45, 2.75) is 36.2 Å². The van der Waals surface area contributed by atoms with Crippen LogP contribution in [-0.2, 0) is 14.8 Å². The molecule has 0 bridgehead atoms. The molecule has 140 valence electrons. The van der Waals surface area contributed by atoms with E-state index >= 15 is 0 Å². The van der Waals surface area contributed by atoms with Gasteiger partial charge < -0.3 is 10.1 Å². The number of likely N-dealkylation sites (N-methyl/N-ethyl adjacent to an activating group) is 1. The Balaban J connectivity index is 1.98. The molecule has 25 heavy (non-hydrogen) atoms. The minimum atomic E-state index is -3.82. The van der Waals surface area contributed by atoms with E-state index in [-0.39, 0.29) is 35.2 Å².